The lowest BCUT2D eigenvalue weighted by atomic mass is 10.0. The van der Waals surface area contributed by atoms with Gasteiger partial charge in [-0.1, -0.05) is 91.0 Å². The van der Waals surface area contributed by atoms with Gasteiger partial charge in [0.2, 0.25) is 0 Å². The first-order valence-electron chi connectivity index (χ1n) is 16.0. The molecule has 3 heterocycles. The van der Waals surface area contributed by atoms with E-state index in [2.05, 4.69) is 157 Å². The minimum absolute atomic E-state index is 0.864. The predicted octanol–water partition coefficient (Wildman–Crippen LogP) is 13.4. The number of aromatic nitrogens is 1. The molecule has 0 radical (unpaired) electrons. The summed E-state index contributed by atoms with van der Waals surface area (Å²) in [5.74, 6) is 0. The van der Waals surface area contributed by atoms with Gasteiger partial charge in [0.1, 0.15) is 16.2 Å². The third-order valence-corrected chi connectivity index (χ3v) is 11.3. The number of fused-ring (bicyclic) bond motifs is 8. The summed E-state index contributed by atoms with van der Waals surface area (Å²) in [6.07, 6.45) is 0. The number of anilines is 3. The summed E-state index contributed by atoms with van der Waals surface area (Å²) in [5, 5.41) is 5.76. The molecule has 226 valence electrons. The molecular weight excluding hydrogens is 625 g/mol. The maximum absolute atomic E-state index is 6.33. The monoisotopic (exact) mass is 650 g/mol. The summed E-state index contributed by atoms with van der Waals surface area (Å²) >= 11 is 3.57. The van der Waals surface area contributed by atoms with Gasteiger partial charge in [0.15, 0.2) is 0 Å². The number of benzene rings is 7. The van der Waals surface area contributed by atoms with Crippen LogP contribution in [-0.4, -0.2) is 4.98 Å². The number of rotatable bonds is 5. The van der Waals surface area contributed by atoms with Gasteiger partial charge in [-0.25, -0.2) is 4.98 Å². The van der Waals surface area contributed by atoms with Gasteiger partial charge in [-0.2, -0.15) is 0 Å². The van der Waals surface area contributed by atoms with E-state index in [0.717, 1.165) is 65.2 Å². The molecule has 5 heteroatoms. The van der Waals surface area contributed by atoms with Crippen LogP contribution in [0.1, 0.15) is 0 Å². The van der Waals surface area contributed by atoms with E-state index < -0.39 is 0 Å². The molecule has 0 bridgehead atoms. The summed E-state index contributed by atoms with van der Waals surface area (Å²) in [6, 6.07) is 56.0. The highest BCUT2D eigenvalue weighted by Gasteiger charge is 2.19. The molecule has 0 saturated heterocycles. The van der Waals surface area contributed by atoms with Gasteiger partial charge in [-0.05, 0) is 77.9 Å². The molecule has 0 unspecified atom stereocenters. The summed E-state index contributed by atoms with van der Waals surface area (Å²) in [7, 11) is 0. The molecule has 10 rings (SSSR count). The van der Waals surface area contributed by atoms with Crippen LogP contribution in [0, 0.1) is 0 Å². The average Bonchev–Trinajstić information content (AvgIpc) is 3.86. The highest BCUT2D eigenvalue weighted by Crippen LogP contribution is 2.45. The van der Waals surface area contributed by atoms with Crippen molar-refractivity contribution in [2.75, 3.05) is 4.90 Å². The molecule has 0 aliphatic rings. The normalized spacial score (nSPS) is 11.8. The standard InChI is InChI=1S/C43H26N2OS2/c1-3-10-28(11-4-1)43-44-42-39(48-43)25-24-36-41(42)33-26-29(20-23-35(33)46-36)27-18-21-31(22-19-27)45(30-12-5-2-6-13-30)34-15-9-17-38-40(34)32-14-7-8-16-37(32)47-38/h1-26H. The first-order valence-corrected chi connectivity index (χ1v) is 17.6. The van der Waals surface area contributed by atoms with E-state index in [1.807, 2.05) is 17.4 Å². The van der Waals surface area contributed by atoms with Crippen molar-refractivity contribution in [1.29, 1.82) is 0 Å². The van der Waals surface area contributed by atoms with Gasteiger partial charge in [-0.15, -0.1) is 22.7 Å². The van der Waals surface area contributed by atoms with Crippen molar-refractivity contribution in [3.63, 3.8) is 0 Å². The molecule has 48 heavy (non-hydrogen) atoms. The predicted molar refractivity (Wildman–Crippen MR) is 205 cm³/mol. The van der Waals surface area contributed by atoms with E-state index in [0.29, 0.717) is 0 Å². The maximum atomic E-state index is 6.33. The van der Waals surface area contributed by atoms with Gasteiger partial charge in [0.05, 0.1) is 21.3 Å². The third kappa shape index (κ3) is 4.36. The zero-order chi connectivity index (χ0) is 31.6. The molecule has 7 aromatic carbocycles. The number of nitrogens with zero attached hydrogens (tertiary/aromatic N) is 2. The molecule has 10 aromatic rings. The molecule has 0 N–H and O–H groups in total. The largest absolute Gasteiger partial charge is 0.456 e. The van der Waals surface area contributed by atoms with E-state index in [-0.39, 0.29) is 0 Å². The molecule has 0 atom stereocenters. The SMILES string of the molecule is c1ccc(-c2nc3c(ccc4oc5ccc(-c6ccc(N(c7ccccc7)c7cccc8sc9ccccc9c78)cc6)cc5c43)s2)cc1. The van der Waals surface area contributed by atoms with Crippen LogP contribution in [0.2, 0.25) is 0 Å². The number of thiophene rings is 1. The number of hydrogen-bond donors (Lipinski definition) is 0. The van der Waals surface area contributed by atoms with Crippen molar-refractivity contribution in [1.82, 2.24) is 4.98 Å². The number of hydrogen-bond acceptors (Lipinski definition) is 5. The zero-order valence-electron chi connectivity index (χ0n) is 25.6. The first kappa shape index (κ1) is 27.4. The lowest BCUT2D eigenvalue weighted by molar-refractivity contribution is 0.669. The Hall–Kier alpha value is -5.75. The number of thiazole rings is 1. The summed E-state index contributed by atoms with van der Waals surface area (Å²) in [4.78, 5) is 7.49. The second kappa shape index (κ2) is 10.9. The van der Waals surface area contributed by atoms with Crippen LogP contribution in [0.4, 0.5) is 17.1 Å². The first-order chi connectivity index (χ1) is 23.8. The Morgan fingerprint density at radius 3 is 2.02 bits per heavy atom. The smallest absolute Gasteiger partial charge is 0.137 e. The minimum atomic E-state index is 0.864. The van der Waals surface area contributed by atoms with Crippen LogP contribution in [0.3, 0.4) is 0 Å². The van der Waals surface area contributed by atoms with Crippen molar-refractivity contribution in [3.05, 3.63) is 158 Å². The highest BCUT2D eigenvalue weighted by molar-refractivity contribution is 7.26. The topological polar surface area (TPSA) is 29.3 Å². The van der Waals surface area contributed by atoms with Gasteiger partial charge in [0.25, 0.3) is 0 Å². The quantitative estimate of drug-likeness (QED) is 0.186. The highest BCUT2D eigenvalue weighted by atomic mass is 32.1. The fourth-order valence-electron chi connectivity index (χ4n) is 6.89. The van der Waals surface area contributed by atoms with E-state index in [1.54, 1.807) is 11.3 Å². The zero-order valence-corrected chi connectivity index (χ0v) is 27.3. The van der Waals surface area contributed by atoms with Crippen LogP contribution in [0.15, 0.2) is 162 Å². The van der Waals surface area contributed by atoms with Crippen molar-refractivity contribution in [3.8, 4) is 21.7 Å². The lowest BCUT2D eigenvalue weighted by Crippen LogP contribution is -2.10. The summed E-state index contributed by atoms with van der Waals surface area (Å²) in [5.41, 5.74) is 9.58. The van der Waals surface area contributed by atoms with Crippen LogP contribution >= 0.6 is 22.7 Å². The minimum Gasteiger partial charge on any atom is -0.456 e. The molecule has 0 spiro atoms. The average molecular weight is 651 g/mol. The Morgan fingerprint density at radius 2 is 1.17 bits per heavy atom. The van der Waals surface area contributed by atoms with Gasteiger partial charge in [0, 0.05) is 42.5 Å². The van der Waals surface area contributed by atoms with Gasteiger partial charge < -0.3 is 9.32 Å². The molecule has 0 aliphatic heterocycles. The van der Waals surface area contributed by atoms with Crippen molar-refractivity contribution < 1.29 is 4.42 Å². The Labute approximate surface area is 284 Å². The molecule has 3 nitrogen and oxygen atoms in total. The van der Waals surface area contributed by atoms with Crippen LogP contribution < -0.4 is 4.90 Å². The summed E-state index contributed by atoms with van der Waals surface area (Å²) < 4.78 is 10.1. The van der Waals surface area contributed by atoms with Crippen LogP contribution in [-0.2, 0) is 0 Å². The molecule has 0 amide bonds. The summed E-state index contributed by atoms with van der Waals surface area (Å²) in [6.45, 7) is 0. The van der Waals surface area contributed by atoms with E-state index in [1.165, 1.54) is 25.9 Å². The third-order valence-electron chi connectivity index (χ3n) is 9.11. The lowest BCUT2D eigenvalue weighted by Gasteiger charge is -2.26. The van der Waals surface area contributed by atoms with Gasteiger partial charge in [-0.3, -0.25) is 0 Å². The molecule has 0 aliphatic carbocycles. The Kier molecular flexibility index (Phi) is 6.22. The van der Waals surface area contributed by atoms with E-state index >= 15 is 0 Å². The van der Waals surface area contributed by atoms with Crippen molar-refractivity contribution in [2.45, 2.75) is 0 Å². The second-order valence-electron chi connectivity index (χ2n) is 11.9. The molecule has 0 fully saturated rings. The Balaban J connectivity index is 1.09. The Bertz CT molecular complexity index is 2780. The molecular formula is C43H26N2OS2. The van der Waals surface area contributed by atoms with Crippen molar-refractivity contribution >= 4 is 92.1 Å². The van der Waals surface area contributed by atoms with Crippen molar-refractivity contribution in [2.24, 2.45) is 0 Å². The Morgan fingerprint density at radius 1 is 0.458 bits per heavy atom. The molecule has 3 aromatic heterocycles. The van der Waals surface area contributed by atoms with E-state index in [4.69, 9.17) is 9.40 Å². The number of furan rings is 1. The van der Waals surface area contributed by atoms with Gasteiger partial charge >= 0.3 is 0 Å². The molecule has 0 saturated carbocycles. The maximum Gasteiger partial charge on any atom is 0.137 e. The fraction of sp³-hybridized carbons (Fsp3) is 0. The number of para-hydroxylation sites is 1. The van der Waals surface area contributed by atoms with Crippen LogP contribution in [0.25, 0.3) is 74.0 Å². The second-order valence-corrected chi connectivity index (χ2v) is 14.1. The fourth-order valence-corrected chi connectivity index (χ4v) is 8.99. The van der Waals surface area contributed by atoms with E-state index in [9.17, 15) is 0 Å². The van der Waals surface area contributed by atoms with Crippen LogP contribution in [0.5, 0.6) is 0 Å².